The van der Waals surface area contributed by atoms with Crippen LogP contribution in [0.4, 0.5) is 0 Å². The van der Waals surface area contributed by atoms with E-state index in [-0.39, 0.29) is 6.61 Å². The third-order valence-electron chi connectivity index (χ3n) is 3.17. The highest BCUT2D eigenvalue weighted by Crippen LogP contribution is 2.18. The van der Waals surface area contributed by atoms with Crippen molar-refractivity contribution in [3.05, 3.63) is 22.6 Å². The summed E-state index contributed by atoms with van der Waals surface area (Å²) in [5.74, 6) is 0.991. The molecular weight excluding hydrogens is 308 g/mol. The summed E-state index contributed by atoms with van der Waals surface area (Å²) in [5, 5.41) is 8.87. The van der Waals surface area contributed by atoms with Gasteiger partial charge < -0.3 is 14.6 Å². The van der Waals surface area contributed by atoms with Crippen LogP contribution in [-0.4, -0.2) is 51.3 Å². The molecule has 2 aromatic rings. The van der Waals surface area contributed by atoms with Crippen LogP contribution in [0.1, 0.15) is 12.2 Å². The van der Waals surface area contributed by atoms with Gasteiger partial charge in [-0.25, -0.2) is 9.97 Å². The zero-order valence-corrected chi connectivity index (χ0v) is 12.9. The molecule has 0 aromatic carbocycles. The van der Waals surface area contributed by atoms with Gasteiger partial charge in [-0.15, -0.1) is 0 Å². The lowest BCUT2D eigenvalue weighted by molar-refractivity contribution is 0.218. The van der Waals surface area contributed by atoms with Crippen LogP contribution in [-0.2, 0) is 6.54 Å². The molecule has 0 bridgehead atoms. The van der Waals surface area contributed by atoms with E-state index >= 15 is 0 Å². The molecule has 6 heteroatoms. The molecule has 0 spiro atoms. The van der Waals surface area contributed by atoms with E-state index in [0.717, 1.165) is 47.5 Å². The summed E-state index contributed by atoms with van der Waals surface area (Å²) < 4.78 is 3.17. The third kappa shape index (κ3) is 3.52. The summed E-state index contributed by atoms with van der Waals surface area (Å²) in [7, 11) is 2.02. The second kappa shape index (κ2) is 6.45. The van der Waals surface area contributed by atoms with E-state index in [4.69, 9.17) is 5.11 Å². The standard InChI is InChI=1S/C13H19BrN4O/c1-10-16-13-12(8-11(14)9-15-13)18(10)5-3-4-17(2)6-7-19/h8-9,19H,3-7H2,1-2H3. The van der Waals surface area contributed by atoms with E-state index in [1.54, 1.807) is 6.20 Å². The maximum Gasteiger partial charge on any atom is 0.177 e. The van der Waals surface area contributed by atoms with Crippen molar-refractivity contribution >= 4 is 27.1 Å². The Morgan fingerprint density at radius 3 is 2.95 bits per heavy atom. The molecule has 104 valence electrons. The Bertz CT molecular complexity index is 555. The molecule has 2 heterocycles. The van der Waals surface area contributed by atoms with Crippen molar-refractivity contribution in [2.75, 3.05) is 26.7 Å². The van der Waals surface area contributed by atoms with Crippen LogP contribution in [0.5, 0.6) is 0 Å². The summed E-state index contributed by atoms with van der Waals surface area (Å²) in [5.41, 5.74) is 1.86. The molecule has 5 nitrogen and oxygen atoms in total. The fourth-order valence-electron chi connectivity index (χ4n) is 2.16. The lowest BCUT2D eigenvalue weighted by atomic mass is 10.3. The van der Waals surface area contributed by atoms with Gasteiger partial charge in [0.25, 0.3) is 0 Å². The minimum Gasteiger partial charge on any atom is -0.395 e. The molecular formula is C13H19BrN4O. The van der Waals surface area contributed by atoms with Gasteiger partial charge in [-0.2, -0.15) is 0 Å². The topological polar surface area (TPSA) is 54.2 Å². The molecule has 0 amide bonds. The highest BCUT2D eigenvalue weighted by Gasteiger charge is 2.09. The summed E-state index contributed by atoms with van der Waals surface area (Å²) >= 11 is 3.45. The SMILES string of the molecule is Cc1nc2ncc(Br)cc2n1CCCN(C)CCO. The molecule has 0 fully saturated rings. The third-order valence-corrected chi connectivity index (χ3v) is 3.60. The van der Waals surface area contributed by atoms with Crippen LogP contribution in [0.3, 0.4) is 0 Å². The number of halogens is 1. The van der Waals surface area contributed by atoms with Crippen LogP contribution in [0.25, 0.3) is 11.2 Å². The number of nitrogens with zero attached hydrogens (tertiary/aromatic N) is 4. The molecule has 1 N–H and O–H groups in total. The normalized spacial score (nSPS) is 11.6. The average Bonchev–Trinajstić information content (AvgIpc) is 2.66. The van der Waals surface area contributed by atoms with Gasteiger partial charge in [-0.1, -0.05) is 0 Å². The Hall–Kier alpha value is -0.980. The van der Waals surface area contributed by atoms with E-state index in [9.17, 15) is 0 Å². The van der Waals surface area contributed by atoms with E-state index < -0.39 is 0 Å². The second-order valence-electron chi connectivity index (χ2n) is 4.69. The molecule has 0 saturated heterocycles. The van der Waals surface area contributed by atoms with Gasteiger partial charge >= 0.3 is 0 Å². The zero-order chi connectivity index (χ0) is 13.8. The molecule has 2 rings (SSSR count). The first-order valence-corrected chi connectivity index (χ1v) is 7.19. The number of imidazole rings is 1. The summed E-state index contributed by atoms with van der Waals surface area (Å²) in [4.78, 5) is 10.9. The van der Waals surface area contributed by atoms with Gasteiger partial charge in [-0.05, 0) is 48.9 Å². The van der Waals surface area contributed by atoms with Crippen molar-refractivity contribution in [2.24, 2.45) is 0 Å². The van der Waals surface area contributed by atoms with Gasteiger partial charge in [0.15, 0.2) is 5.65 Å². The van der Waals surface area contributed by atoms with Gasteiger partial charge in [0, 0.05) is 23.8 Å². The van der Waals surface area contributed by atoms with Crippen LogP contribution in [0.15, 0.2) is 16.7 Å². The number of rotatable bonds is 6. The smallest absolute Gasteiger partial charge is 0.177 e. The van der Waals surface area contributed by atoms with E-state index in [2.05, 4.69) is 41.4 Å². The molecule has 0 aliphatic carbocycles. The van der Waals surface area contributed by atoms with Gasteiger partial charge in [0.05, 0.1) is 12.1 Å². The van der Waals surface area contributed by atoms with Crippen molar-refractivity contribution in [1.29, 1.82) is 0 Å². The number of aliphatic hydroxyl groups is 1. The van der Waals surface area contributed by atoms with Gasteiger partial charge in [0.2, 0.25) is 0 Å². The van der Waals surface area contributed by atoms with Crippen LogP contribution in [0.2, 0.25) is 0 Å². The van der Waals surface area contributed by atoms with Gasteiger partial charge in [0.1, 0.15) is 5.82 Å². The Balaban J connectivity index is 2.07. The Labute approximate surface area is 121 Å². The van der Waals surface area contributed by atoms with Crippen molar-refractivity contribution in [3.63, 3.8) is 0 Å². The monoisotopic (exact) mass is 326 g/mol. The first-order valence-electron chi connectivity index (χ1n) is 6.39. The number of fused-ring (bicyclic) bond motifs is 1. The number of aryl methyl sites for hydroxylation is 2. The Morgan fingerprint density at radius 1 is 1.42 bits per heavy atom. The lowest BCUT2D eigenvalue weighted by Gasteiger charge is -2.15. The number of likely N-dealkylation sites (N-methyl/N-ethyl adjacent to an activating group) is 1. The number of aliphatic hydroxyl groups excluding tert-OH is 1. The van der Waals surface area contributed by atoms with E-state index in [1.807, 2.05) is 14.0 Å². The maximum atomic E-state index is 8.87. The highest BCUT2D eigenvalue weighted by atomic mass is 79.9. The predicted molar refractivity (Wildman–Crippen MR) is 79.2 cm³/mol. The van der Waals surface area contributed by atoms with Crippen LogP contribution < -0.4 is 0 Å². The average molecular weight is 327 g/mol. The number of aromatic nitrogens is 3. The molecule has 19 heavy (non-hydrogen) atoms. The minimum atomic E-state index is 0.209. The van der Waals surface area contributed by atoms with E-state index in [0.29, 0.717) is 0 Å². The van der Waals surface area contributed by atoms with Crippen molar-refractivity contribution < 1.29 is 5.11 Å². The van der Waals surface area contributed by atoms with Crippen molar-refractivity contribution in [2.45, 2.75) is 19.9 Å². The van der Waals surface area contributed by atoms with Crippen LogP contribution >= 0.6 is 15.9 Å². The van der Waals surface area contributed by atoms with E-state index in [1.165, 1.54) is 0 Å². The lowest BCUT2D eigenvalue weighted by Crippen LogP contribution is -2.24. The summed E-state index contributed by atoms with van der Waals surface area (Å²) in [6, 6.07) is 2.06. The fourth-order valence-corrected chi connectivity index (χ4v) is 2.48. The predicted octanol–water partition coefficient (Wildman–Crippen LogP) is 1.82. The second-order valence-corrected chi connectivity index (χ2v) is 5.60. The largest absolute Gasteiger partial charge is 0.395 e. The van der Waals surface area contributed by atoms with Crippen molar-refractivity contribution in [3.8, 4) is 0 Å². The Morgan fingerprint density at radius 2 is 2.21 bits per heavy atom. The molecule has 0 radical (unpaired) electrons. The first kappa shape index (κ1) is 14.4. The van der Waals surface area contributed by atoms with Crippen molar-refractivity contribution in [1.82, 2.24) is 19.4 Å². The number of hydrogen-bond donors (Lipinski definition) is 1. The van der Waals surface area contributed by atoms with Gasteiger partial charge in [-0.3, -0.25) is 0 Å². The number of hydrogen-bond acceptors (Lipinski definition) is 4. The molecule has 0 saturated carbocycles. The Kier molecular flexibility index (Phi) is 4.90. The van der Waals surface area contributed by atoms with Crippen LogP contribution in [0, 0.1) is 6.92 Å². The maximum absolute atomic E-state index is 8.87. The highest BCUT2D eigenvalue weighted by molar-refractivity contribution is 9.10. The first-order chi connectivity index (χ1) is 9.11. The molecule has 0 unspecified atom stereocenters. The molecule has 2 aromatic heterocycles. The quantitative estimate of drug-likeness (QED) is 0.879. The molecule has 0 atom stereocenters. The summed E-state index contributed by atoms with van der Waals surface area (Å²) in [6.07, 6.45) is 2.80. The molecule has 0 aliphatic heterocycles. The fraction of sp³-hybridized carbons (Fsp3) is 0.538. The molecule has 0 aliphatic rings. The minimum absolute atomic E-state index is 0.209. The summed E-state index contributed by atoms with van der Waals surface area (Å²) in [6.45, 7) is 4.81. The zero-order valence-electron chi connectivity index (χ0n) is 11.3. The number of pyridine rings is 1.